The topological polar surface area (TPSA) is 26.0 Å². The Balaban J connectivity index is 2.72. The Morgan fingerprint density at radius 2 is 2.21 bits per heavy atom. The average molecular weight is 213 g/mol. The van der Waals surface area contributed by atoms with Crippen LogP contribution in [0.1, 0.15) is 18.9 Å². The van der Waals surface area contributed by atoms with E-state index in [1.165, 1.54) is 6.07 Å². The molecule has 1 unspecified atom stereocenters. The summed E-state index contributed by atoms with van der Waals surface area (Å²) < 4.78 is 13.0. The molecule has 1 rings (SSSR count). The highest BCUT2D eigenvalue weighted by Gasteiger charge is 2.06. The van der Waals surface area contributed by atoms with Gasteiger partial charge in [-0.2, -0.15) is 0 Å². The highest BCUT2D eigenvalue weighted by Crippen LogP contribution is 2.26. The molecule has 0 aliphatic rings. The molecule has 1 aromatic carbocycles. The molecular weight excluding hydrogens is 197 g/mol. The lowest BCUT2D eigenvalue weighted by Crippen LogP contribution is -2.15. The van der Waals surface area contributed by atoms with Gasteiger partial charge in [-0.25, -0.2) is 4.39 Å². The molecular formula is C11H16FNS. The van der Waals surface area contributed by atoms with Crippen LogP contribution in [0.3, 0.4) is 0 Å². The molecule has 0 aliphatic heterocycles. The predicted octanol–water partition coefficient (Wildman–Crippen LogP) is 2.96. The van der Waals surface area contributed by atoms with Crippen LogP contribution >= 0.6 is 11.8 Å². The van der Waals surface area contributed by atoms with Gasteiger partial charge in [0.05, 0.1) is 0 Å². The first-order valence-electron chi connectivity index (χ1n) is 4.80. The van der Waals surface area contributed by atoms with Gasteiger partial charge in [0.25, 0.3) is 0 Å². The van der Waals surface area contributed by atoms with Crippen LogP contribution in [0.4, 0.5) is 4.39 Å². The lowest BCUT2D eigenvalue weighted by molar-refractivity contribution is 0.617. The third kappa shape index (κ3) is 3.00. The minimum absolute atomic E-state index is 0.143. The molecule has 0 aliphatic carbocycles. The van der Waals surface area contributed by atoms with Crippen molar-refractivity contribution in [1.82, 2.24) is 0 Å². The van der Waals surface area contributed by atoms with Crippen molar-refractivity contribution in [3.8, 4) is 0 Å². The number of thioether (sulfide) groups is 1. The molecule has 0 bridgehead atoms. The van der Waals surface area contributed by atoms with Crippen LogP contribution in [-0.4, -0.2) is 11.8 Å². The summed E-state index contributed by atoms with van der Waals surface area (Å²) in [5.41, 5.74) is 6.30. The molecule has 0 saturated heterocycles. The summed E-state index contributed by atoms with van der Waals surface area (Å²) in [5.74, 6) is -0.143. The van der Waals surface area contributed by atoms with E-state index in [2.05, 4.69) is 6.92 Å². The van der Waals surface area contributed by atoms with Crippen molar-refractivity contribution in [1.29, 1.82) is 0 Å². The standard InChI is InChI=1S/C11H16FNS/c1-3-9(7-13)14-10-4-5-11(12)8(2)6-10/h4-6,9H,3,7,13H2,1-2H3. The Kier molecular flexibility index (Phi) is 4.42. The molecule has 1 atom stereocenters. The Hall–Kier alpha value is -0.540. The van der Waals surface area contributed by atoms with Gasteiger partial charge < -0.3 is 5.73 Å². The van der Waals surface area contributed by atoms with Crippen molar-refractivity contribution >= 4 is 11.8 Å². The zero-order chi connectivity index (χ0) is 10.6. The van der Waals surface area contributed by atoms with E-state index in [0.29, 0.717) is 17.4 Å². The Morgan fingerprint density at radius 3 is 2.71 bits per heavy atom. The molecule has 1 aromatic rings. The second kappa shape index (κ2) is 5.37. The molecule has 0 aromatic heterocycles. The summed E-state index contributed by atoms with van der Waals surface area (Å²) in [5, 5.41) is 0.430. The summed E-state index contributed by atoms with van der Waals surface area (Å²) in [7, 11) is 0. The van der Waals surface area contributed by atoms with E-state index in [4.69, 9.17) is 5.73 Å². The summed E-state index contributed by atoms with van der Waals surface area (Å²) in [6.45, 7) is 4.56. The number of aryl methyl sites for hydroxylation is 1. The van der Waals surface area contributed by atoms with E-state index in [0.717, 1.165) is 11.3 Å². The van der Waals surface area contributed by atoms with E-state index < -0.39 is 0 Å². The molecule has 2 N–H and O–H groups in total. The maximum atomic E-state index is 13.0. The van der Waals surface area contributed by atoms with Gasteiger partial charge >= 0.3 is 0 Å². The van der Waals surface area contributed by atoms with Crippen molar-refractivity contribution in [2.24, 2.45) is 5.73 Å². The fraction of sp³-hybridized carbons (Fsp3) is 0.455. The smallest absolute Gasteiger partial charge is 0.126 e. The molecule has 0 radical (unpaired) electrons. The SMILES string of the molecule is CCC(CN)Sc1ccc(F)c(C)c1. The average Bonchev–Trinajstić information content (AvgIpc) is 2.19. The van der Waals surface area contributed by atoms with Crippen LogP contribution in [0, 0.1) is 12.7 Å². The largest absolute Gasteiger partial charge is 0.329 e. The molecule has 0 saturated carbocycles. The molecule has 0 spiro atoms. The highest BCUT2D eigenvalue weighted by atomic mass is 32.2. The summed E-state index contributed by atoms with van der Waals surface area (Å²) >= 11 is 1.72. The third-order valence-corrected chi connectivity index (χ3v) is 3.54. The van der Waals surface area contributed by atoms with Gasteiger partial charge in [-0.05, 0) is 37.1 Å². The number of halogens is 1. The second-order valence-electron chi connectivity index (χ2n) is 3.29. The Morgan fingerprint density at radius 1 is 1.50 bits per heavy atom. The number of hydrogen-bond donors (Lipinski definition) is 1. The van der Waals surface area contributed by atoms with Crippen LogP contribution in [-0.2, 0) is 0 Å². The maximum Gasteiger partial charge on any atom is 0.126 e. The lowest BCUT2D eigenvalue weighted by Gasteiger charge is -2.11. The summed E-state index contributed by atoms with van der Waals surface area (Å²) in [6.07, 6.45) is 1.04. The molecule has 0 fully saturated rings. The molecule has 3 heteroatoms. The molecule has 0 heterocycles. The third-order valence-electron chi connectivity index (χ3n) is 2.15. The summed E-state index contributed by atoms with van der Waals surface area (Å²) in [4.78, 5) is 1.10. The van der Waals surface area contributed by atoms with E-state index in [-0.39, 0.29) is 5.82 Å². The van der Waals surface area contributed by atoms with Crippen molar-refractivity contribution < 1.29 is 4.39 Å². The van der Waals surface area contributed by atoms with Crippen LogP contribution in [0.5, 0.6) is 0 Å². The number of rotatable bonds is 4. The van der Waals surface area contributed by atoms with Crippen LogP contribution in [0.2, 0.25) is 0 Å². The number of nitrogens with two attached hydrogens (primary N) is 1. The van der Waals surface area contributed by atoms with E-state index in [9.17, 15) is 4.39 Å². The van der Waals surface area contributed by atoms with E-state index in [1.54, 1.807) is 18.7 Å². The van der Waals surface area contributed by atoms with Gasteiger partial charge in [0.1, 0.15) is 5.82 Å². The first-order chi connectivity index (χ1) is 6.67. The monoisotopic (exact) mass is 213 g/mol. The fourth-order valence-electron chi connectivity index (χ4n) is 1.18. The number of hydrogen-bond acceptors (Lipinski definition) is 2. The van der Waals surface area contributed by atoms with E-state index in [1.807, 2.05) is 12.1 Å². The maximum absolute atomic E-state index is 13.0. The van der Waals surface area contributed by atoms with Crippen LogP contribution in [0.25, 0.3) is 0 Å². The van der Waals surface area contributed by atoms with Gasteiger partial charge in [0.2, 0.25) is 0 Å². The predicted molar refractivity (Wildman–Crippen MR) is 60.1 cm³/mol. The first-order valence-corrected chi connectivity index (χ1v) is 5.68. The zero-order valence-electron chi connectivity index (χ0n) is 8.59. The van der Waals surface area contributed by atoms with Gasteiger partial charge in [0, 0.05) is 16.7 Å². The van der Waals surface area contributed by atoms with E-state index >= 15 is 0 Å². The molecule has 14 heavy (non-hydrogen) atoms. The minimum Gasteiger partial charge on any atom is -0.329 e. The number of benzene rings is 1. The summed E-state index contributed by atoms with van der Waals surface area (Å²) in [6, 6.07) is 5.20. The van der Waals surface area contributed by atoms with Crippen molar-refractivity contribution in [3.05, 3.63) is 29.6 Å². The Labute approximate surface area is 88.9 Å². The van der Waals surface area contributed by atoms with Crippen molar-refractivity contribution in [2.75, 3.05) is 6.54 Å². The molecule has 78 valence electrons. The highest BCUT2D eigenvalue weighted by molar-refractivity contribution is 8.00. The van der Waals surface area contributed by atoms with Crippen LogP contribution < -0.4 is 5.73 Å². The van der Waals surface area contributed by atoms with Gasteiger partial charge in [0.15, 0.2) is 0 Å². The minimum atomic E-state index is -0.143. The van der Waals surface area contributed by atoms with Crippen LogP contribution in [0.15, 0.2) is 23.1 Å². The normalized spacial score (nSPS) is 12.9. The fourth-order valence-corrected chi connectivity index (χ4v) is 2.22. The van der Waals surface area contributed by atoms with Gasteiger partial charge in [-0.3, -0.25) is 0 Å². The van der Waals surface area contributed by atoms with Gasteiger partial charge in [-0.15, -0.1) is 11.8 Å². The zero-order valence-corrected chi connectivity index (χ0v) is 9.40. The quantitative estimate of drug-likeness (QED) is 0.778. The van der Waals surface area contributed by atoms with Crippen molar-refractivity contribution in [2.45, 2.75) is 30.4 Å². The first kappa shape index (κ1) is 11.5. The van der Waals surface area contributed by atoms with Crippen molar-refractivity contribution in [3.63, 3.8) is 0 Å². The van der Waals surface area contributed by atoms with Gasteiger partial charge in [-0.1, -0.05) is 6.92 Å². The Bertz CT molecular complexity index is 297. The molecule has 0 amide bonds. The molecule has 1 nitrogen and oxygen atoms in total. The second-order valence-corrected chi connectivity index (χ2v) is 4.67. The lowest BCUT2D eigenvalue weighted by atomic mass is 10.2.